The van der Waals surface area contributed by atoms with E-state index in [1.54, 1.807) is 12.1 Å². The molecule has 0 radical (unpaired) electrons. The van der Waals surface area contributed by atoms with E-state index >= 15 is 4.39 Å². The van der Waals surface area contributed by atoms with Crippen molar-refractivity contribution in [3.8, 4) is 6.07 Å². The van der Waals surface area contributed by atoms with Gasteiger partial charge in [0.25, 0.3) is 0 Å². The molecule has 0 spiro atoms. The van der Waals surface area contributed by atoms with Crippen LogP contribution in [-0.4, -0.2) is 40.1 Å². The molecule has 2 bridgehead atoms. The number of halogens is 2. The minimum absolute atomic E-state index is 0.0170. The molecule has 1 saturated carbocycles. The van der Waals surface area contributed by atoms with E-state index in [0.717, 1.165) is 25.3 Å². The third-order valence-electron chi connectivity index (χ3n) is 6.63. The van der Waals surface area contributed by atoms with Crippen LogP contribution < -0.4 is 15.5 Å². The lowest BCUT2D eigenvalue weighted by molar-refractivity contribution is 0.577. The van der Waals surface area contributed by atoms with E-state index in [1.807, 2.05) is 12.1 Å². The second kappa shape index (κ2) is 6.74. The summed E-state index contributed by atoms with van der Waals surface area (Å²) >= 11 is 6.31. The number of nitrogens with zero attached hydrogens (tertiary/aromatic N) is 5. The van der Waals surface area contributed by atoms with Gasteiger partial charge in [-0.3, -0.25) is 0 Å². The molecule has 3 fully saturated rings. The van der Waals surface area contributed by atoms with E-state index in [1.165, 1.54) is 6.33 Å². The quantitative estimate of drug-likeness (QED) is 0.646. The molecule has 6 rings (SSSR count). The molecule has 2 aromatic heterocycles. The normalized spacial score (nSPS) is 23.2. The number of benzene rings is 1. The number of nitrogens with one attached hydrogen (secondary N) is 2. The maximum absolute atomic E-state index is 15.1. The number of pyridine rings is 1. The zero-order valence-electron chi connectivity index (χ0n) is 16.6. The van der Waals surface area contributed by atoms with Crippen molar-refractivity contribution in [2.75, 3.05) is 23.3 Å². The lowest BCUT2D eigenvalue weighted by Crippen LogP contribution is -2.44. The van der Waals surface area contributed by atoms with Crippen molar-refractivity contribution in [1.29, 1.82) is 5.26 Å². The van der Waals surface area contributed by atoms with Crippen molar-refractivity contribution < 1.29 is 4.39 Å². The van der Waals surface area contributed by atoms with Gasteiger partial charge in [0.05, 0.1) is 27.7 Å². The summed E-state index contributed by atoms with van der Waals surface area (Å²) in [6, 6.07) is 10.4. The summed E-state index contributed by atoms with van der Waals surface area (Å²) in [4.78, 5) is 15.7. The van der Waals surface area contributed by atoms with Gasteiger partial charge >= 0.3 is 0 Å². The molecule has 0 amide bonds. The van der Waals surface area contributed by atoms with Crippen LogP contribution in [0.4, 0.5) is 21.7 Å². The Labute approximate surface area is 183 Å². The summed E-state index contributed by atoms with van der Waals surface area (Å²) in [5.74, 6) is 0.697. The standard InChI is InChI=1S/C22H19ClFN7/c23-18-14(22(10-25)5-6-22)1-2-15(19(18)24)29-21-20-16(27-11-28-21)3-4-17(30-20)31-9-12-7-13(31)8-26-12/h1-4,11-13,26H,5-9H2,(H,27,28,29)/t12-,13-/m0/s1. The van der Waals surface area contributed by atoms with Crippen molar-refractivity contribution in [3.05, 3.63) is 47.0 Å². The van der Waals surface area contributed by atoms with Crippen LogP contribution in [0.5, 0.6) is 0 Å². The minimum atomic E-state index is -0.654. The van der Waals surface area contributed by atoms with Gasteiger partial charge in [-0.25, -0.2) is 19.3 Å². The fraction of sp³-hybridized carbons (Fsp3) is 0.364. The molecule has 1 aliphatic carbocycles. The molecule has 2 aliphatic heterocycles. The maximum Gasteiger partial charge on any atom is 0.165 e. The van der Waals surface area contributed by atoms with Gasteiger partial charge in [0.15, 0.2) is 11.6 Å². The summed E-state index contributed by atoms with van der Waals surface area (Å²) in [5.41, 5.74) is 1.34. The van der Waals surface area contributed by atoms with Crippen molar-refractivity contribution in [2.24, 2.45) is 0 Å². The monoisotopic (exact) mass is 435 g/mol. The Balaban J connectivity index is 1.36. The van der Waals surface area contributed by atoms with Crippen LogP contribution >= 0.6 is 11.6 Å². The molecular formula is C22H19ClFN7. The van der Waals surface area contributed by atoms with Gasteiger partial charge in [-0.05, 0) is 43.0 Å². The highest BCUT2D eigenvalue weighted by atomic mass is 35.5. The van der Waals surface area contributed by atoms with Crippen molar-refractivity contribution in [1.82, 2.24) is 20.3 Å². The lowest BCUT2D eigenvalue weighted by Gasteiger charge is -2.28. The largest absolute Gasteiger partial charge is 0.351 e. The van der Waals surface area contributed by atoms with Crippen molar-refractivity contribution >= 4 is 40.0 Å². The van der Waals surface area contributed by atoms with Gasteiger partial charge in [-0.15, -0.1) is 0 Å². The zero-order valence-corrected chi connectivity index (χ0v) is 17.3. The van der Waals surface area contributed by atoms with Crippen LogP contribution in [0.3, 0.4) is 0 Å². The summed E-state index contributed by atoms with van der Waals surface area (Å²) in [6.45, 7) is 1.88. The second-order valence-electron chi connectivity index (χ2n) is 8.51. The molecule has 2 saturated heterocycles. The van der Waals surface area contributed by atoms with E-state index in [-0.39, 0.29) is 10.7 Å². The smallest absolute Gasteiger partial charge is 0.165 e. The SMILES string of the molecule is N#CC1(c2ccc(Nc3ncnc4ccc(N5C[C@@H]6C[C@H]5CN6)nc34)c(F)c2Cl)CC1. The lowest BCUT2D eigenvalue weighted by atomic mass is 9.97. The van der Waals surface area contributed by atoms with Gasteiger partial charge in [0.1, 0.15) is 17.7 Å². The van der Waals surface area contributed by atoms with E-state index in [0.29, 0.717) is 47.3 Å². The maximum atomic E-state index is 15.1. The van der Waals surface area contributed by atoms with Crippen LogP contribution in [0, 0.1) is 17.1 Å². The highest BCUT2D eigenvalue weighted by Crippen LogP contribution is 2.51. The van der Waals surface area contributed by atoms with Gasteiger partial charge < -0.3 is 15.5 Å². The Bertz CT molecular complexity index is 1250. The topological polar surface area (TPSA) is 89.8 Å². The first-order valence-corrected chi connectivity index (χ1v) is 10.7. The highest BCUT2D eigenvalue weighted by molar-refractivity contribution is 6.32. The van der Waals surface area contributed by atoms with Crippen LogP contribution in [-0.2, 0) is 5.41 Å². The van der Waals surface area contributed by atoms with Gasteiger partial charge in [0, 0.05) is 25.2 Å². The highest BCUT2D eigenvalue weighted by Gasteiger charge is 2.47. The second-order valence-corrected chi connectivity index (χ2v) is 8.89. The molecule has 0 unspecified atom stereocenters. The molecule has 2 atom stereocenters. The summed E-state index contributed by atoms with van der Waals surface area (Å²) in [7, 11) is 0. The van der Waals surface area contributed by atoms with Crippen LogP contribution in [0.2, 0.25) is 5.02 Å². The average Bonchev–Trinajstić information content (AvgIpc) is 3.28. The fourth-order valence-corrected chi connectivity index (χ4v) is 5.08. The summed E-state index contributed by atoms with van der Waals surface area (Å²) < 4.78 is 15.1. The fourth-order valence-electron chi connectivity index (χ4n) is 4.73. The third-order valence-corrected chi connectivity index (χ3v) is 7.00. The number of piperazine rings is 1. The molecule has 7 nitrogen and oxygen atoms in total. The molecule has 31 heavy (non-hydrogen) atoms. The molecule has 156 valence electrons. The number of hydrogen-bond donors (Lipinski definition) is 2. The predicted molar refractivity (Wildman–Crippen MR) is 116 cm³/mol. The van der Waals surface area contributed by atoms with Crippen LogP contribution in [0.1, 0.15) is 24.8 Å². The number of hydrogen-bond acceptors (Lipinski definition) is 7. The molecule has 4 heterocycles. The minimum Gasteiger partial charge on any atom is -0.351 e. The molecular weight excluding hydrogens is 417 g/mol. The first-order chi connectivity index (χ1) is 15.1. The average molecular weight is 436 g/mol. The number of nitriles is 1. The Hall–Kier alpha value is -3.02. The first-order valence-electron chi connectivity index (χ1n) is 10.4. The molecule has 3 aromatic rings. The van der Waals surface area contributed by atoms with Crippen molar-refractivity contribution in [2.45, 2.75) is 36.8 Å². The third kappa shape index (κ3) is 2.92. The Morgan fingerprint density at radius 2 is 2.13 bits per heavy atom. The van der Waals surface area contributed by atoms with Gasteiger partial charge in [-0.1, -0.05) is 17.7 Å². The zero-order chi connectivity index (χ0) is 21.2. The van der Waals surface area contributed by atoms with E-state index in [4.69, 9.17) is 16.6 Å². The molecule has 1 aromatic carbocycles. The Morgan fingerprint density at radius 1 is 1.26 bits per heavy atom. The predicted octanol–water partition coefficient (Wildman–Crippen LogP) is 3.67. The summed E-state index contributed by atoms with van der Waals surface area (Å²) in [5, 5.41) is 15.9. The summed E-state index contributed by atoms with van der Waals surface area (Å²) in [6.07, 6.45) is 3.95. The Morgan fingerprint density at radius 3 is 2.84 bits per heavy atom. The van der Waals surface area contributed by atoms with Gasteiger partial charge in [0.2, 0.25) is 0 Å². The molecule has 9 heteroatoms. The van der Waals surface area contributed by atoms with Crippen LogP contribution in [0.15, 0.2) is 30.6 Å². The number of anilines is 3. The number of aromatic nitrogens is 3. The van der Waals surface area contributed by atoms with E-state index in [9.17, 15) is 5.26 Å². The number of fused-ring (bicyclic) bond motifs is 3. The van der Waals surface area contributed by atoms with E-state index in [2.05, 4.69) is 31.6 Å². The van der Waals surface area contributed by atoms with Gasteiger partial charge in [-0.2, -0.15) is 5.26 Å². The Kier molecular flexibility index (Phi) is 4.07. The van der Waals surface area contributed by atoms with Crippen molar-refractivity contribution in [3.63, 3.8) is 0 Å². The molecule has 3 aliphatic rings. The first kappa shape index (κ1) is 18.7. The van der Waals surface area contributed by atoms with E-state index < -0.39 is 11.2 Å². The van der Waals surface area contributed by atoms with Crippen LogP contribution in [0.25, 0.3) is 11.0 Å². The number of rotatable bonds is 4. The molecule has 2 N–H and O–H groups in total.